The third kappa shape index (κ3) is 1.25. The molecule has 0 radical (unpaired) electrons. The summed E-state index contributed by atoms with van der Waals surface area (Å²) in [6.45, 7) is -0.403. The molecule has 1 nitrogen and oxygen atoms in total. The van der Waals surface area contributed by atoms with Crippen LogP contribution in [-0.2, 0) is 0 Å². The van der Waals surface area contributed by atoms with E-state index in [1.165, 1.54) is 0 Å². The molecule has 0 unspecified atom stereocenters. The van der Waals surface area contributed by atoms with Crippen LogP contribution < -0.4 is 0 Å². The predicted octanol–water partition coefficient (Wildman–Crippen LogP) is 1.06. The van der Waals surface area contributed by atoms with Gasteiger partial charge in [0.2, 0.25) is 0 Å². The molecule has 1 aliphatic carbocycles. The summed E-state index contributed by atoms with van der Waals surface area (Å²) >= 11 is 2.86. The van der Waals surface area contributed by atoms with Gasteiger partial charge < -0.3 is 5.11 Å². The summed E-state index contributed by atoms with van der Waals surface area (Å²) in [5.74, 6) is 2.34. The first-order valence-corrected chi connectivity index (χ1v) is 3.43. The largest absolute Gasteiger partial charge is 0.393 e. The van der Waals surface area contributed by atoms with Crippen LogP contribution in [0.5, 0.6) is 0 Å². The van der Waals surface area contributed by atoms with Crippen molar-refractivity contribution >= 4 is 15.9 Å². The maximum absolute atomic E-state index is 12.7. The molecule has 50 valence electrons. The molecular weight excluding hydrogens is 187 g/mol. The molecular formula is C6H6BrFO. The maximum Gasteiger partial charge on any atom is 0.149 e. The van der Waals surface area contributed by atoms with Gasteiger partial charge in [0.15, 0.2) is 0 Å². The molecule has 1 saturated carbocycles. The maximum atomic E-state index is 12.7. The Kier molecular flexibility index (Phi) is 1.78. The quantitative estimate of drug-likeness (QED) is 0.617. The number of halogens is 2. The van der Waals surface area contributed by atoms with E-state index in [0.717, 1.165) is 0 Å². The number of alkyl halides is 1. The average Bonchev–Trinajstić information content (AvgIpc) is 2.46. The van der Waals surface area contributed by atoms with Crippen molar-refractivity contribution in [2.75, 3.05) is 6.61 Å². The van der Waals surface area contributed by atoms with E-state index in [-0.39, 0.29) is 5.92 Å². The van der Waals surface area contributed by atoms with Crippen molar-refractivity contribution in [3.05, 3.63) is 0 Å². The SMILES string of the molecule is OC[C@@]1(F)C[C@@H]1C#CBr. The molecule has 0 aliphatic heterocycles. The fourth-order valence-corrected chi connectivity index (χ4v) is 0.978. The molecule has 2 atom stereocenters. The van der Waals surface area contributed by atoms with Crippen molar-refractivity contribution in [2.45, 2.75) is 12.1 Å². The van der Waals surface area contributed by atoms with Crippen molar-refractivity contribution in [2.24, 2.45) is 5.92 Å². The fourth-order valence-electron chi connectivity index (χ4n) is 0.701. The highest BCUT2D eigenvalue weighted by molar-refractivity contribution is 9.12. The highest BCUT2D eigenvalue weighted by Gasteiger charge is 2.54. The van der Waals surface area contributed by atoms with Crippen LogP contribution in [0.4, 0.5) is 4.39 Å². The summed E-state index contributed by atoms with van der Waals surface area (Å²) in [7, 11) is 0. The van der Waals surface area contributed by atoms with Crippen LogP contribution in [0.2, 0.25) is 0 Å². The number of hydrogen-bond acceptors (Lipinski definition) is 1. The zero-order valence-electron chi connectivity index (χ0n) is 4.69. The van der Waals surface area contributed by atoms with Gasteiger partial charge in [0.05, 0.1) is 12.5 Å². The lowest BCUT2D eigenvalue weighted by atomic mass is 10.3. The molecule has 0 amide bonds. The van der Waals surface area contributed by atoms with E-state index in [9.17, 15) is 4.39 Å². The molecule has 9 heavy (non-hydrogen) atoms. The Morgan fingerprint density at radius 3 is 2.89 bits per heavy atom. The minimum Gasteiger partial charge on any atom is -0.393 e. The second-order valence-electron chi connectivity index (χ2n) is 2.19. The van der Waals surface area contributed by atoms with Crippen LogP contribution in [0, 0.1) is 16.7 Å². The van der Waals surface area contributed by atoms with Gasteiger partial charge in [-0.25, -0.2) is 4.39 Å². The third-order valence-corrected chi connectivity index (χ3v) is 1.73. The minimum atomic E-state index is -1.39. The highest BCUT2D eigenvalue weighted by Crippen LogP contribution is 2.46. The molecule has 0 aromatic heterocycles. The lowest BCUT2D eigenvalue weighted by molar-refractivity contribution is 0.152. The normalized spacial score (nSPS) is 39.2. The molecule has 0 saturated heterocycles. The van der Waals surface area contributed by atoms with Crippen molar-refractivity contribution < 1.29 is 9.50 Å². The Bertz CT molecular complexity index is 172. The molecule has 0 spiro atoms. The van der Waals surface area contributed by atoms with E-state index in [4.69, 9.17) is 5.11 Å². The first-order chi connectivity index (χ1) is 4.23. The molecule has 1 rings (SSSR count). The molecule has 1 fully saturated rings. The van der Waals surface area contributed by atoms with Crippen LogP contribution in [0.1, 0.15) is 6.42 Å². The smallest absolute Gasteiger partial charge is 0.149 e. The Balaban J connectivity index is 2.45. The first kappa shape index (κ1) is 7.04. The van der Waals surface area contributed by atoms with Gasteiger partial charge in [0.25, 0.3) is 0 Å². The zero-order valence-corrected chi connectivity index (χ0v) is 6.28. The van der Waals surface area contributed by atoms with Gasteiger partial charge in [-0.15, -0.1) is 0 Å². The summed E-state index contributed by atoms with van der Waals surface area (Å²) in [5.41, 5.74) is -1.39. The molecule has 0 bridgehead atoms. The monoisotopic (exact) mass is 192 g/mol. The van der Waals surface area contributed by atoms with Gasteiger partial charge in [-0.2, -0.15) is 0 Å². The van der Waals surface area contributed by atoms with Gasteiger partial charge in [-0.1, -0.05) is 5.92 Å². The van der Waals surface area contributed by atoms with E-state index in [1.807, 2.05) is 0 Å². The fraction of sp³-hybridized carbons (Fsp3) is 0.667. The van der Waals surface area contributed by atoms with Crippen LogP contribution in [-0.4, -0.2) is 17.4 Å². The zero-order chi connectivity index (χ0) is 6.91. The Labute approximate surface area is 61.4 Å². The minimum absolute atomic E-state index is 0.248. The average molecular weight is 193 g/mol. The Morgan fingerprint density at radius 2 is 2.56 bits per heavy atom. The van der Waals surface area contributed by atoms with E-state index in [2.05, 4.69) is 26.7 Å². The van der Waals surface area contributed by atoms with Crippen LogP contribution in [0.25, 0.3) is 0 Å². The van der Waals surface area contributed by atoms with Crippen molar-refractivity contribution in [1.29, 1.82) is 0 Å². The standard InChI is InChI=1S/C6H6BrFO/c7-2-1-5-3-6(5,8)4-9/h5,9H,3-4H2/t5-,6-/m0/s1. The van der Waals surface area contributed by atoms with E-state index in [1.54, 1.807) is 0 Å². The summed E-state index contributed by atoms with van der Waals surface area (Å²) in [4.78, 5) is 2.43. The van der Waals surface area contributed by atoms with Gasteiger partial charge in [-0.05, 0) is 4.83 Å². The van der Waals surface area contributed by atoms with Gasteiger partial charge in [0, 0.05) is 22.4 Å². The van der Waals surface area contributed by atoms with E-state index >= 15 is 0 Å². The number of aliphatic hydroxyl groups is 1. The summed E-state index contributed by atoms with van der Waals surface area (Å²) in [5, 5.41) is 8.40. The second kappa shape index (κ2) is 2.28. The highest BCUT2D eigenvalue weighted by atomic mass is 79.9. The van der Waals surface area contributed by atoms with Gasteiger partial charge in [0.1, 0.15) is 5.67 Å². The molecule has 1 aliphatic rings. The molecule has 3 heteroatoms. The molecule has 0 heterocycles. The van der Waals surface area contributed by atoms with Gasteiger partial charge in [-0.3, -0.25) is 0 Å². The summed E-state index contributed by atoms with van der Waals surface area (Å²) in [6.07, 6.45) is 0.377. The van der Waals surface area contributed by atoms with Gasteiger partial charge >= 0.3 is 0 Å². The van der Waals surface area contributed by atoms with Crippen molar-refractivity contribution in [3.63, 3.8) is 0 Å². The summed E-state index contributed by atoms with van der Waals surface area (Å²) < 4.78 is 12.7. The predicted molar refractivity (Wildman–Crippen MR) is 35.7 cm³/mol. The number of rotatable bonds is 1. The van der Waals surface area contributed by atoms with E-state index in [0.29, 0.717) is 6.42 Å². The first-order valence-electron chi connectivity index (χ1n) is 2.64. The molecule has 0 aromatic rings. The van der Waals surface area contributed by atoms with Crippen LogP contribution >= 0.6 is 15.9 Å². The van der Waals surface area contributed by atoms with Crippen LogP contribution in [0.15, 0.2) is 0 Å². The topological polar surface area (TPSA) is 20.2 Å². The van der Waals surface area contributed by atoms with Crippen molar-refractivity contribution in [3.8, 4) is 10.8 Å². The molecule has 1 N–H and O–H groups in total. The Hall–Kier alpha value is -0.0700. The molecule has 0 aromatic carbocycles. The number of aliphatic hydroxyl groups excluding tert-OH is 1. The third-order valence-electron chi connectivity index (χ3n) is 1.50. The second-order valence-corrected chi connectivity index (χ2v) is 2.58. The summed E-state index contributed by atoms with van der Waals surface area (Å²) in [6, 6.07) is 0. The van der Waals surface area contributed by atoms with E-state index < -0.39 is 12.3 Å². The lowest BCUT2D eigenvalue weighted by Gasteiger charge is -1.94. The number of hydrogen-bond donors (Lipinski definition) is 1. The lowest BCUT2D eigenvalue weighted by Crippen LogP contribution is -2.08. The van der Waals surface area contributed by atoms with Crippen LogP contribution in [0.3, 0.4) is 0 Å². The van der Waals surface area contributed by atoms with Crippen molar-refractivity contribution in [1.82, 2.24) is 0 Å². The Morgan fingerprint density at radius 1 is 1.89 bits per heavy atom.